The molecule has 0 bridgehead atoms. The van der Waals surface area contributed by atoms with E-state index in [9.17, 15) is 4.79 Å². The van der Waals surface area contributed by atoms with Gasteiger partial charge in [-0.15, -0.1) is 12.4 Å². The van der Waals surface area contributed by atoms with Crippen molar-refractivity contribution in [1.29, 1.82) is 0 Å². The van der Waals surface area contributed by atoms with Gasteiger partial charge in [-0.05, 0) is 36.6 Å². The van der Waals surface area contributed by atoms with Gasteiger partial charge in [0.15, 0.2) is 0 Å². The van der Waals surface area contributed by atoms with Gasteiger partial charge in [0.1, 0.15) is 5.75 Å². The van der Waals surface area contributed by atoms with Gasteiger partial charge in [0.25, 0.3) is 0 Å². The molecule has 1 aliphatic carbocycles. The third-order valence-corrected chi connectivity index (χ3v) is 4.74. The van der Waals surface area contributed by atoms with Crippen LogP contribution in [0.5, 0.6) is 5.75 Å². The Balaban J connectivity index is 0.00000225. The molecule has 5 heteroatoms. The van der Waals surface area contributed by atoms with Gasteiger partial charge in [-0.1, -0.05) is 49.6 Å². The van der Waals surface area contributed by atoms with Crippen LogP contribution in [0.4, 0.5) is 5.69 Å². The third kappa shape index (κ3) is 4.33. The molecule has 25 heavy (non-hydrogen) atoms. The van der Waals surface area contributed by atoms with Crippen molar-refractivity contribution in [2.45, 2.75) is 37.6 Å². The summed E-state index contributed by atoms with van der Waals surface area (Å²) in [4.78, 5) is 12.6. The number of methoxy groups -OCH3 is 1. The highest BCUT2D eigenvalue weighted by atomic mass is 35.5. The highest BCUT2D eigenvalue weighted by molar-refractivity contribution is 5.98. The number of rotatable bonds is 4. The van der Waals surface area contributed by atoms with Gasteiger partial charge in [-0.2, -0.15) is 0 Å². The highest BCUT2D eigenvalue weighted by Crippen LogP contribution is 2.32. The molecule has 0 unspecified atom stereocenters. The van der Waals surface area contributed by atoms with Crippen LogP contribution in [-0.4, -0.2) is 18.6 Å². The lowest BCUT2D eigenvalue weighted by Gasteiger charge is -2.31. The SMILES string of the molecule is COc1ccccc1-c1cccc(NC(=O)C2(N)CCCCC2)c1.Cl. The number of benzene rings is 2. The summed E-state index contributed by atoms with van der Waals surface area (Å²) in [7, 11) is 1.66. The lowest BCUT2D eigenvalue weighted by Crippen LogP contribution is -2.52. The molecule has 0 spiro atoms. The minimum atomic E-state index is -0.737. The molecule has 134 valence electrons. The van der Waals surface area contributed by atoms with Crippen LogP contribution in [0.25, 0.3) is 11.1 Å². The predicted molar refractivity (Wildman–Crippen MR) is 104 cm³/mol. The zero-order valence-electron chi connectivity index (χ0n) is 14.5. The summed E-state index contributed by atoms with van der Waals surface area (Å²) in [5, 5.41) is 3.00. The zero-order valence-corrected chi connectivity index (χ0v) is 15.3. The number of halogens is 1. The van der Waals surface area contributed by atoms with Gasteiger partial charge < -0.3 is 15.8 Å². The van der Waals surface area contributed by atoms with Crippen LogP contribution in [0.1, 0.15) is 32.1 Å². The second kappa shape index (κ2) is 8.37. The maximum Gasteiger partial charge on any atom is 0.244 e. The number of hydrogen-bond acceptors (Lipinski definition) is 3. The van der Waals surface area contributed by atoms with Gasteiger partial charge >= 0.3 is 0 Å². The maximum atomic E-state index is 12.6. The van der Waals surface area contributed by atoms with E-state index in [2.05, 4.69) is 5.32 Å². The lowest BCUT2D eigenvalue weighted by atomic mass is 9.82. The van der Waals surface area contributed by atoms with Crippen molar-refractivity contribution in [2.24, 2.45) is 5.73 Å². The van der Waals surface area contributed by atoms with Crippen LogP contribution in [0.3, 0.4) is 0 Å². The molecule has 1 amide bonds. The zero-order chi connectivity index (χ0) is 17.0. The average molecular weight is 361 g/mol. The number of amides is 1. The van der Waals surface area contributed by atoms with Crippen LogP contribution in [-0.2, 0) is 4.79 Å². The lowest BCUT2D eigenvalue weighted by molar-refractivity contribution is -0.122. The minimum Gasteiger partial charge on any atom is -0.496 e. The number of nitrogens with two attached hydrogens (primary N) is 1. The third-order valence-electron chi connectivity index (χ3n) is 4.74. The highest BCUT2D eigenvalue weighted by Gasteiger charge is 2.35. The van der Waals surface area contributed by atoms with Crippen molar-refractivity contribution in [3.05, 3.63) is 48.5 Å². The largest absolute Gasteiger partial charge is 0.496 e. The Labute approximate surface area is 155 Å². The molecule has 0 heterocycles. The fraction of sp³-hybridized carbons (Fsp3) is 0.350. The molecule has 1 saturated carbocycles. The van der Waals surface area contributed by atoms with E-state index in [1.165, 1.54) is 0 Å². The van der Waals surface area contributed by atoms with Gasteiger partial charge in [0.05, 0.1) is 12.6 Å². The van der Waals surface area contributed by atoms with E-state index in [1.807, 2.05) is 48.5 Å². The van der Waals surface area contributed by atoms with E-state index < -0.39 is 5.54 Å². The monoisotopic (exact) mass is 360 g/mol. The van der Waals surface area contributed by atoms with Crippen LogP contribution in [0.15, 0.2) is 48.5 Å². The van der Waals surface area contributed by atoms with Gasteiger partial charge in [0.2, 0.25) is 5.91 Å². The summed E-state index contributed by atoms with van der Waals surface area (Å²) < 4.78 is 5.42. The van der Waals surface area contributed by atoms with E-state index in [4.69, 9.17) is 10.5 Å². The Bertz CT molecular complexity index is 727. The summed E-state index contributed by atoms with van der Waals surface area (Å²) in [6.07, 6.45) is 4.71. The second-order valence-electron chi connectivity index (χ2n) is 6.45. The number of carbonyl (C=O) groups excluding carboxylic acids is 1. The molecule has 0 aromatic heterocycles. The molecule has 3 rings (SSSR count). The molecule has 0 saturated heterocycles. The topological polar surface area (TPSA) is 64.3 Å². The van der Waals surface area contributed by atoms with E-state index in [0.29, 0.717) is 0 Å². The van der Waals surface area contributed by atoms with E-state index in [-0.39, 0.29) is 18.3 Å². The Morgan fingerprint density at radius 1 is 1.08 bits per heavy atom. The molecule has 3 N–H and O–H groups in total. The average Bonchev–Trinajstić information content (AvgIpc) is 2.62. The second-order valence-corrected chi connectivity index (χ2v) is 6.45. The fourth-order valence-corrected chi connectivity index (χ4v) is 3.31. The maximum absolute atomic E-state index is 12.6. The number of nitrogens with one attached hydrogen (secondary N) is 1. The molecule has 2 aromatic rings. The minimum absolute atomic E-state index is 0. The van der Waals surface area contributed by atoms with Crippen LogP contribution < -0.4 is 15.8 Å². The molecule has 0 aliphatic heterocycles. The van der Waals surface area contributed by atoms with Gasteiger partial charge in [-0.25, -0.2) is 0 Å². The van der Waals surface area contributed by atoms with Crippen molar-refractivity contribution >= 4 is 24.0 Å². The standard InChI is InChI=1S/C20H24N2O2.ClH/c1-24-18-11-4-3-10-17(18)15-8-7-9-16(14-15)22-19(23)20(21)12-5-2-6-13-20;/h3-4,7-11,14H,2,5-6,12-13,21H2,1H3,(H,22,23);1H. The first-order chi connectivity index (χ1) is 11.6. The van der Waals surface area contributed by atoms with Crippen LogP contribution in [0.2, 0.25) is 0 Å². The summed E-state index contributed by atoms with van der Waals surface area (Å²) in [6, 6.07) is 15.6. The van der Waals surface area contributed by atoms with Crippen LogP contribution >= 0.6 is 12.4 Å². The van der Waals surface area contributed by atoms with E-state index in [1.54, 1.807) is 7.11 Å². The van der Waals surface area contributed by atoms with Crippen molar-refractivity contribution < 1.29 is 9.53 Å². The molecule has 1 fully saturated rings. The van der Waals surface area contributed by atoms with Gasteiger partial charge in [0, 0.05) is 11.3 Å². The first-order valence-electron chi connectivity index (χ1n) is 8.46. The molecular weight excluding hydrogens is 336 g/mol. The number of ether oxygens (including phenoxy) is 1. The summed E-state index contributed by atoms with van der Waals surface area (Å²) in [5.41, 5.74) is 8.34. The molecular formula is C20H25ClN2O2. The van der Waals surface area contributed by atoms with Crippen molar-refractivity contribution in [3.8, 4) is 16.9 Å². The van der Waals surface area contributed by atoms with E-state index >= 15 is 0 Å². The quantitative estimate of drug-likeness (QED) is 0.850. The Morgan fingerprint density at radius 3 is 2.52 bits per heavy atom. The summed E-state index contributed by atoms with van der Waals surface area (Å²) in [5.74, 6) is 0.725. The number of carbonyl (C=O) groups is 1. The number of para-hydroxylation sites is 1. The molecule has 4 nitrogen and oxygen atoms in total. The Kier molecular flexibility index (Phi) is 6.45. The molecule has 2 aromatic carbocycles. The normalized spacial score (nSPS) is 15.8. The van der Waals surface area contributed by atoms with Crippen molar-refractivity contribution in [2.75, 3.05) is 12.4 Å². The molecule has 0 atom stereocenters. The molecule has 0 radical (unpaired) electrons. The Hall–Kier alpha value is -2.04. The first kappa shape index (κ1) is 19.3. The smallest absolute Gasteiger partial charge is 0.244 e. The number of hydrogen-bond donors (Lipinski definition) is 2. The number of anilines is 1. The van der Waals surface area contributed by atoms with Gasteiger partial charge in [-0.3, -0.25) is 4.79 Å². The summed E-state index contributed by atoms with van der Waals surface area (Å²) >= 11 is 0. The van der Waals surface area contributed by atoms with Crippen LogP contribution in [0, 0.1) is 0 Å². The summed E-state index contributed by atoms with van der Waals surface area (Å²) in [6.45, 7) is 0. The first-order valence-corrected chi connectivity index (χ1v) is 8.46. The molecule has 1 aliphatic rings. The van der Waals surface area contributed by atoms with Crippen molar-refractivity contribution in [3.63, 3.8) is 0 Å². The Morgan fingerprint density at radius 2 is 1.80 bits per heavy atom. The fourth-order valence-electron chi connectivity index (χ4n) is 3.31. The van der Waals surface area contributed by atoms with Crippen molar-refractivity contribution in [1.82, 2.24) is 0 Å². The van der Waals surface area contributed by atoms with E-state index in [0.717, 1.165) is 54.7 Å². The predicted octanol–water partition coefficient (Wildman–Crippen LogP) is 4.38.